The van der Waals surface area contributed by atoms with Crippen LogP contribution in [-0.4, -0.2) is 23.2 Å². The molecule has 4 rings (SSSR count). The summed E-state index contributed by atoms with van der Waals surface area (Å²) >= 11 is 0. The zero-order chi connectivity index (χ0) is 18.7. The van der Waals surface area contributed by atoms with Crippen molar-refractivity contribution >= 4 is 31.7 Å². The van der Waals surface area contributed by atoms with Crippen LogP contribution in [0.15, 0.2) is 83.8 Å². The van der Waals surface area contributed by atoms with E-state index in [9.17, 15) is 18.6 Å². The van der Waals surface area contributed by atoms with Crippen LogP contribution in [0.5, 0.6) is 11.5 Å². The molecule has 0 aliphatic carbocycles. The number of aromatic hydroxyl groups is 2. The third-order valence-electron chi connectivity index (χ3n) is 3.88. The number of hydrogen-bond acceptors (Lipinski definition) is 4. The van der Waals surface area contributed by atoms with Crippen molar-refractivity contribution < 1.29 is 23.2 Å². The minimum absolute atomic E-state index is 0.166. The van der Waals surface area contributed by atoms with Crippen LogP contribution in [-0.2, 0) is 10.1 Å². The Labute approximate surface area is 150 Å². The summed E-state index contributed by atoms with van der Waals surface area (Å²) in [7, 11) is -4.28. The maximum absolute atomic E-state index is 10.9. The van der Waals surface area contributed by atoms with Gasteiger partial charge in [0.25, 0.3) is 10.1 Å². The normalized spacial score (nSPS) is 11.1. The summed E-state index contributed by atoms with van der Waals surface area (Å²) in [5.74, 6) is 0.184. The van der Waals surface area contributed by atoms with Crippen molar-refractivity contribution in [3.8, 4) is 11.5 Å². The summed E-state index contributed by atoms with van der Waals surface area (Å²) in [5, 5.41) is 22.0. The van der Waals surface area contributed by atoms with Crippen molar-refractivity contribution in [2.75, 3.05) is 0 Å². The number of benzene rings is 4. The highest BCUT2D eigenvalue weighted by Gasteiger charge is 2.12. The summed E-state index contributed by atoms with van der Waals surface area (Å²) in [6.07, 6.45) is 0. The molecule has 0 heterocycles. The van der Waals surface area contributed by atoms with Crippen LogP contribution in [0, 0.1) is 0 Å². The van der Waals surface area contributed by atoms with Crippen LogP contribution in [0.1, 0.15) is 0 Å². The predicted octanol–water partition coefficient (Wildman–Crippen LogP) is 4.34. The van der Waals surface area contributed by atoms with Gasteiger partial charge in [0.15, 0.2) is 0 Å². The van der Waals surface area contributed by atoms with Crippen LogP contribution < -0.4 is 0 Å². The van der Waals surface area contributed by atoms with E-state index in [0.717, 1.165) is 16.8 Å². The molecule has 5 nitrogen and oxygen atoms in total. The van der Waals surface area contributed by atoms with Crippen LogP contribution in [0.2, 0.25) is 0 Å². The molecule has 0 saturated carbocycles. The first-order valence-corrected chi connectivity index (χ1v) is 9.16. The molecular formula is C20H16O5S. The van der Waals surface area contributed by atoms with Crippen molar-refractivity contribution in [2.45, 2.75) is 4.90 Å². The van der Waals surface area contributed by atoms with Crippen molar-refractivity contribution in [1.82, 2.24) is 0 Å². The maximum atomic E-state index is 10.9. The van der Waals surface area contributed by atoms with Gasteiger partial charge >= 0.3 is 0 Å². The Morgan fingerprint density at radius 2 is 1.15 bits per heavy atom. The van der Waals surface area contributed by atoms with Gasteiger partial charge in [0.05, 0.1) is 4.90 Å². The van der Waals surface area contributed by atoms with E-state index in [1.54, 1.807) is 30.3 Å². The predicted molar refractivity (Wildman–Crippen MR) is 101 cm³/mol. The van der Waals surface area contributed by atoms with Gasteiger partial charge in [-0.15, -0.1) is 0 Å². The molecule has 0 bridgehead atoms. The number of rotatable bonds is 1. The fourth-order valence-corrected chi connectivity index (χ4v) is 3.16. The third-order valence-corrected chi connectivity index (χ3v) is 4.71. The number of hydrogen-bond donors (Lipinski definition) is 3. The van der Waals surface area contributed by atoms with Crippen molar-refractivity contribution in [2.24, 2.45) is 0 Å². The van der Waals surface area contributed by atoms with Gasteiger partial charge in [0.1, 0.15) is 11.5 Å². The van der Waals surface area contributed by atoms with Crippen molar-refractivity contribution in [3.05, 3.63) is 78.9 Å². The average molecular weight is 368 g/mol. The Balaban J connectivity index is 0.000000158. The molecular weight excluding hydrogens is 352 g/mol. The van der Waals surface area contributed by atoms with E-state index >= 15 is 0 Å². The van der Waals surface area contributed by atoms with E-state index in [2.05, 4.69) is 0 Å². The molecule has 0 atom stereocenters. The lowest BCUT2D eigenvalue weighted by Gasteiger charge is -2.03. The van der Waals surface area contributed by atoms with Gasteiger partial charge in [-0.25, -0.2) is 0 Å². The SMILES string of the molecule is O=S(=O)(O)c1cc(O)c2ccccc2c1.Oc1cccc2ccccc12. The molecule has 0 aliphatic heterocycles. The summed E-state index contributed by atoms with van der Waals surface area (Å²) in [4.78, 5) is -0.307. The standard InChI is InChI=1S/C10H8O4S.C10H8O/c11-10-6-8(15(12,13)14)5-7-3-1-2-4-9(7)10;11-10-7-3-5-8-4-1-2-6-9(8)10/h1-6,11H,(H,12,13,14);1-7,11H. The summed E-state index contributed by atoms with van der Waals surface area (Å²) in [5.41, 5.74) is 0. The second-order valence-electron chi connectivity index (χ2n) is 5.64. The molecule has 0 amide bonds. The minimum atomic E-state index is -4.28. The van der Waals surface area contributed by atoms with E-state index in [1.807, 2.05) is 36.4 Å². The molecule has 0 aromatic heterocycles. The van der Waals surface area contributed by atoms with Crippen molar-refractivity contribution in [3.63, 3.8) is 0 Å². The largest absolute Gasteiger partial charge is 0.507 e. The highest BCUT2D eigenvalue weighted by atomic mass is 32.2. The monoisotopic (exact) mass is 368 g/mol. The Morgan fingerprint density at radius 3 is 1.77 bits per heavy atom. The first-order chi connectivity index (χ1) is 12.4. The summed E-state index contributed by atoms with van der Waals surface area (Å²) < 4.78 is 30.6. The average Bonchev–Trinajstić information content (AvgIpc) is 2.62. The zero-order valence-electron chi connectivity index (χ0n) is 13.6. The van der Waals surface area contributed by atoms with Gasteiger partial charge in [-0.3, -0.25) is 4.55 Å². The fraction of sp³-hybridized carbons (Fsp3) is 0. The van der Waals surface area contributed by atoms with Gasteiger partial charge in [-0.2, -0.15) is 8.42 Å². The highest BCUT2D eigenvalue weighted by molar-refractivity contribution is 7.85. The van der Waals surface area contributed by atoms with E-state index in [1.165, 1.54) is 6.07 Å². The fourth-order valence-electron chi connectivity index (χ4n) is 2.62. The molecule has 0 spiro atoms. The molecule has 26 heavy (non-hydrogen) atoms. The number of phenols is 2. The minimum Gasteiger partial charge on any atom is -0.507 e. The topological polar surface area (TPSA) is 94.8 Å². The van der Waals surface area contributed by atoms with E-state index in [0.29, 0.717) is 16.5 Å². The van der Waals surface area contributed by atoms with Crippen molar-refractivity contribution in [1.29, 1.82) is 0 Å². The lowest BCUT2D eigenvalue weighted by Crippen LogP contribution is -1.97. The first kappa shape index (κ1) is 17.7. The smallest absolute Gasteiger partial charge is 0.294 e. The Hall–Kier alpha value is -3.09. The Bertz CT molecular complexity index is 1180. The molecule has 3 N–H and O–H groups in total. The van der Waals surface area contributed by atoms with E-state index in [4.69, 9.17) is 4.55 Å². The van der Waals surface area contributed by atoms with E-state index < -0.39 is 10.1 Å². The zero-order valence-corrected chi connectivity index (χ0v) is 14.4. The van der Waals surface area contributed by atoms with Crippen LogP contribution in [0.25, 0.3) is 21.5 Å². The van der Waals surface area contributed by atoms with Gasteiger partial charge in [0, 0.05) is 16.8 Å². The molecule has 0 aliphatic rings. The lowest BCUT2D eigenvalue weighted by molar-refractivity contribution is 0.471. The Kier molecular flexibility index (Phi) is 4.79. The van der Waals surface area contributed by atoms with Crippen LogP contribution in [0.3, 0.4) is 0 Å². The third kappa shape index (κ3) is 3.77. The molecule has 4 aromatic carbocycles. The lowest BCUT2D eigenvalue weighted by atomic mass is 10.1. The first-order valence-electron chi connectivity index (χ1n) is 7.72. The quantitative estimate of drug-likeness (QED) is 0.435. The second kappa shape index (κ2) is 7.03. The summed E-state index contributed by atoms with van der Waals surface area (Å²) in [6, 6.07) is 22.4. The maximum Gasteiger partial charge on any atom is 0.294 e. The van der Waals surface area contributed by atoms with Gasteiger partial charge < -0.3 is 10.2 Å². The van der Waals surface area contributed by atoms with E-state index in [-0.39, 0.29) is 10.6 Å². The molecule has 0 unspecified atom stereocenters. The Morgan fingerprint density at radius 1 is 0.615 bits per heavy atom. The molecule has 0 saturated heterocycles. The van der Waals surface area contributed by atoms with Gasteiger partial charge in [-0.05, 0) is 22.9 Å². The molecule has 132 valence electrons. The molecule has 0 fully saturated rings. The summed E-state index contributed by atoms with van der Waals surface area (Å²) in [6.45, 7) is 0. The molecule has 0 radical (unpaired) electrons. The van der Waals surface area contributed by atoms with Gasteiger partial charge in [-0.1, -0.05) is 60.7 Å². The molecule has 4 aromatic rings. The number of fused-ring (bicyclic) bond motifs is 2. The second-order valence-corrected chi connectivity index (χ2v) is 7.06. The molecule has 6 heteroatoms. The van der Waals surface area contributed by atoms with Crippen LogP contribution in [0.4, 0.5) is 0 Å². The number of phenolic OH excluding ortho intramolecular Hbond substituents is 2. The highest BCUT2D eigenvalue weighted by Crippen LogP contribution is 2.28. The van der Waals surface area contributed by atoms with Gasteiger partial charge in [0.2, 0.25) is 0 Å². The van der Waals surface area contributed by atoms with Crippen LogP contribution >= 0.6 is 0 Å².